The molecule has 0 saturated carbocycles. The molecule has 4 aromatic heterocycles. The van der Waals surface area contributed by atoms with Crippen molar-refractivity contribution in [2.75, 3.05) is 20.1 Å². The Balaban J connectivity index is 1.56. The number of pyridine rings is 1. The molecule has 0 aliphatic carbocycles. The van der Waals surface area contributed by atoms with Crippen molar-refractivity contribution in [1.29, 1.82) is 0 Å². The fourth-order valence-electron chi connectivity index (χ4n) is 4.06. The molecular formula is C21H23N7O. The molecule has 0 amide bonds. The predicted molar refractivity (Wildman–Crippen MR) is 111 cm³/mol. The highest BCUT2D eigenvalue weighted by Crippen LogP contribution is 2.22. The molecule has 0 N–H and O–H groups in total. The third-order valence-corrected chi connectivity index (χ3v) is 5.69. The number of rotatable bonds is 2. The van der Waals surface area contributed by atoms with Crippen LogP contribution in [0.2, 0.25) is 0 Å². The zero-order valence-electron chi connectivity index (χ0n) is 16.8. The minimum Gasteiger partial charge on any atom is -0.306 e. The first-order chi connectivity index (χ1) is 14.0. The van der Waals surface area contributed by atoms with E-state index < -0.39 is 0 Å². The molecule has 1 aliphatic rings. The standard InChI is InChI=1S/C21H23N7O/c1-13-10-18(25-27-12-14(2)23-20(13)27)17-5-4-16-19(24-17)11-22-28(21(16)29)15-6-8-26(3)9-7-15/h4-5,10-12,15H,6-9H2,1-3H3. The molecule has 0 unspecified atom stereocenters. The van der Waals surface area contributed by atoms with Crippen LogP contribution in [0.4, 0.5) is 0 Å². The minimum atomic E-state index is -0.0686. The van der Waals surface area contributed by atoms with Gasteiger partial charge in [-0.05, 0) is 70.6 Å². The Morgan fingerprint density at radius 3 is 2.66 bits per heavy atom. The Bertz CT molecular complexity index is 1280. The molecule has 0 spiro atoms. The van der Waals surface area contributed by atoms with E-state index in [9.17, 15) is 4.79 Å². The molecule has 29 heavy (non-hydrogen) atoms. The molecule has 0 atom stereocenters. The summed E-state index contributed by atoms with van der Waals surface area (Å²) in [5, 5.41) is 9.68. The second-order valence-electron chi connectivity index (χ2n) is 7.92. The molecule has 0 bridgehead atoms. The monoisotopic (exact) mass is 389 g/mol. The highest BCUT2D eigenvalue weighted by Gasteiger charge is 2.21. The summed E-state index contributed by atoms with van der Waals surface area (Å²) in [6, 6.07) is 5.83. The van der Waals surface area contributed by atoms with Crippen LogP contribution in [-0.2, 0) is 0 Å². The normalized spacial score (nSPS) is 16.1. The number of aromatic nitrogens is 6. The topological polar surface area (TPSA) is 81.2 Å². The number of fused-ring (bicyclic) bond motifs is 2. The molecule has 8 heteroatoms. The van der Waals surface area contributed by atoms with Crippen LogP contribution in [-0.4, -0.2) is 54.4 Å². The maximum absolute atomic E-state index is 13.0. The molecule has 1 fully saturated rings. The van der Waals surface area contributed by atoms with Gasteiger partial charge in [-0.1, -0.05) is 0 Å². The SMILES string of the molecule is Cc1cn2nc(-c3ccc4c(=O)n(C5CCN(C)CC5)ncc4n3)cc(C)c2n1. The van der Waals surface area contributed by atoms with Crippen LogP contribution in [0.3, 0.4) is 0 Å². The smallest absolute Gasteiger partial charge is 0.276 e. The number of hydrogen-bond acceptors (Lipinski definition) is 6. The fraction of sp³-hybridized carbons (Fsp3) is 0.381. The number of piperidine rings is 1. The molecule has 0 aromatic carbocycles. The molecule has 5 rings (SSSR count). The van der Waals surface area contributed by atoms with E-state index in [0.717, 1.165) is 48.5 Å². The summed E-state index contributed by atoms with van der Waals surface area (Å²) in [5.74, 6) is 0. The van der Waals surface area contributed by atoms with Crippen molar-refractivity contribution in [2.45, 2.75) is 32.7 Å². The van der Waals surface area contributed by atoms with Gasteiger partial charge in [0, 0.05) is 0 Å². The summed E-state index contributed by atoms with van der Waals surface area (Å²) in [6.45, 7) is 5.92. The number of hydrogen-bond donors (Lipinski definition) is 0. The molecule has 4 aromatic rings. The van der Waals surface area contributed by atoms with E-state index >= 15 is 0 Å². The third kappa shape index (κ3) is 3.09. The molecular weight excluding hydrogens is 366 g/mol. The first kappa shape index (κ1) is 17.9. The van der Waals surface area contributed by atoms with Gasteiger partial charge in [0.25, 0.3) is 5.56 Å². The van der Waals surface area contributed by atoms with Crippen LogP contribution in [0.15, 0.2) is 35.4 Å². The van der Waals surface area contributed by atoms with E-state index in [2.05, 4.69) is 32.1 Å². The van der Waals surface area contributed by atoms with Gasteiger partial charge >= 0.3 is 0 Å². The number of aryl methyl sites for hydroxylation is 2. The predicted octanol–water partition coefficient (Wildman–Crippen LogP) is 2.38. The van der Waals surface area contributed by atoms with Gasteiger partial charge in [-0.25, -0.2) is 19.2 Å². The summed E-state index contributed by atoms with van der Waals surface area (Å²) < 4.78 is 3.42. The van der Waals surface area contributed by atoms with Crippen LogP contribution in [0.1, 0.15) is 30.1 Å². The summed E-state index contributed by atoms with van der Waals surface area (Å²) in [5.41, 5.74) is 4.78. The zero-order valence-corrected chi connectivity index (χ0v) is 16.8. The molecule has 148 valence electrons. The van der Waals surface area contributed by atoms with E-state index in [4.69, 9.17) is 0 Å². The maximum atomic E-state index is 13.0. The largest absolute Gasteiger partial charge is 0.306 e. The van der Waals surface area contributed by atoms with Crippen molar-refractivity contribution >= 4 is 16.6 Å². The second kappa shape index (κ2) is 6.73. The average molecular weight is 389 g/mol. The Labute approximate surface area is 167 Å². The quantitative estimate of drug-likeness (QED) is 0.524. The van der Waals surface area contributed by atoms with Crippen molar-refractivity contribution in [3.8, 4) is 11.4 Å². The van der Waals surface area contributed by atoms with Gasteiger partial charge < -0.3 is 4.90 Å². The Hall–Kier alpha value is -3.13. The van der Waals surface area contributed by atoms with E-state index in [1.807, 2.05) is 38.2 Å². The molecule has 8 nitrogen and oxygen atoms in total. The van der Waals surface area contributed by atoms with Crippen LogP contribution in [0, 0.1) is 13.8 Å². The lowest BCUT2D eigenvalue weighted by Gasteiger charge is -2.29. The van der Waals surface area contributed by atoms with Gasteiger partial charge in [0.15, 0.2) is 5.65 Å². The fourth-order valence-corrected chi connectivity index (χ4v) is 4.06. The third-order valence-electron chi connectivity index (χ3n) is 5.69. The van der Waals surface area contributed by atoms with Gasteiger partial charge in [0.05, 0.1) is 40.7 Å². The highest BCUT2D eigenvalue weighted by atomic mass is 16.1. The van der Waals surface area contributed by atoms with Crippen LogP contribution in [0.25, 0.3) is 27.9 Å². The molecule has 5 heterocycles. The van der Waals surface area contributed by atoms with Gasteiger partial charge in [-0.15, -0.1) is 0 Å². The van der Waals surface area contributed by atoms with Gasteiger partial charge in [-0.3, -0.25) is 4.79 Å². The lowest BCUT2D eigenvalue weighted by molar-refractivity contribution is 0.209. The second-order valence-corrected chi connectivity index (χ2v) is 7.92. The summed E-state index contributed by atoms with van der Waals surface area (Å²) in [4.78, 5) is 24.5. The van der Waals surface area contributed by atoms with Gasteiger partial charge in [-0.2, -0.15) is 10.2 Å². The van der Waals surface area contributed by atoms with Crippen molar-refractivity contribution in [3.63, 3.8) is 0 Å². The van der Waals surface area contributed by atoms with Gasteiger partial charge in [0.1, 0.15) is 5.69 Å². The van der Waals surface area contributed by atoms with Crippen molar-refractivity contribution in [1.82, 2.24) is 34.3 Å². The maximum Gasteiger partial charge on any atom is 0.276 e. The Morgan fingerprint density at radius 2 is 1.86 bits per heavy atom. The summed E-state index contributed by atoms with van der Waals surface area (Å²) in [7, 11) is 2.11. The summed E-state index contributed by atoms with van der Waals surface area (Å²) in [6.07, 6.45) is 5.47. The van der Waals surface area contributed by atoms with Crippen LogP contribution >= 0.6 is 0 Å². The van der Waals surface area contributed by atoms with E-state index in [-0.39, 0.29) is 11.6 Å². The molecule has 0 radical (unpaired) electrons. The summed E-state index contributed by atoms with van der Waals surface area (Å²) >= 11 is 0. The Kier molecular flexibility index (Phi) is 4.16. The first-order valence-corrected chi connectivity index (χ1v) is 9.91. The van der Waals surface area contributed by atoms with Gasteiger partial charge in [0.2, 0.25) is 0 Å². The number of imidazole rings is 1. The lowest BCUT2D eigenvalue weighted by atomic mass is 10.1. The lowest BCUT2D eigenvalue weighted by Crippen LogP contribution is -2.36. The first-order valence-electron chi connectivity index (χ1n) is 9.91. The van der Waals surface area contributed by atoms with Crippen LogP contribution < -0.4 is 5.56 Å². The number of nitrogens with zero attached hydrogens (tertiary/aromatic N) is 7. The van der Waals surface area contributed by atoms with E-state index in [0.29, 0.717) is 16.6 Å². The van der Waals surface area contributed by atoms with Crippen molar-refractivity contribution < 1.29 is 0 Å². The highest BCUT2D eigenvalue weighted by molar-refractivity contribution is 5.79. The van der Waals surface area contributed by atoms with E-state index in [1.165, 1.54) is 0 Å². The Morgan fingerprint density at radius 1 is 1.07 bits per heavy atom. The van der Waals surface area contributed by atoms with Crippen molar-refractivity contribution in [2.24, 2.45) is 0 Å². The number of likely N-dealkylation sites (tertiary alicyclic amines) is 1. The average Bonchev–Trinajstić information content (AvgIpc) is 3.10. The molecule has 1 aliphatic heterocycles. The van der Waals surface area contributed by atoms with Crippen LogP contribution in [0.5, 0.6) is 0 Å². The minimum absolute atomic E-state index is 0.0686. The van der Waals surface area contributed by atoms with E-state index in [1.54, 1.807) is 15.4 Å². The molecule has 1 saturated heterocycles. The van der Waals surface area contributed by atoms with Crippen molar-refractivity contribution in [3.05, 3.63) is 52.2 Å². The zero-order chi connectivity index (χ0) is 20.1.